The fourth-order valence-corrected chi connectivity index (χ4v) is 2.35. The summed E-state index contributed by atoms with van der Waals surface area (Å²) in [4.78, 5) is 0. The predicted molar refractivity (Wildman–Crippen MR) is 53.6 cm³/mol. The SMILES string of the molecule is COCC1(C)CCC(C)(O)CC1C. The Bertz CT molecular complexity index is 177. The fraction of sp³-hybridized carbons (Fsp3) is 1.00. The van der Waals surface area contributed by atoms with Gasteiger partial charge in [-0.2, -0.15) is 0 Å². The molecule has 1 fully saturated rings. The molecule has 1 aliphatic carbocycles. The summed E-state index contributed by atoms with van der Waals surface area (Å²) in [6.07, 6.45) is 2.86. The summed E-state index contributed by atoms with van der Waals surface area (Å²) >= 11 is 0. The Balaban J connectivity index is 2.62. The molecule has 0 saturated heterocycles. The van der Waals surface area contributed by atoms with Crippen molar-refractivity contribution in [2.24, 2.45) is 11.3 Å². The van der Waals surface area contributed by atoms with E-state index in [2.05, 4.69) is 13.8 Å². The van der Waals surface area contributed by atoms with Crippen LogP contribution in [0.2, 0.25) is 0 Å². The van der Waals surface area contributed by atoms with Crippen molar-refractivity contribution in [3.05, 3.63) is 0 Å². The number of methoxy groups -OCH3 is 1. The normalized spacial score (nSPS) is 46.4. The highest BCUT2D eigenvalue weighted by Gasteiger charge is 2.41. The van der Waals surface area contributed by atoms with Crippen molar-refractivity contribution in [1.82, 2.24) is 0 Å². The molecule has 0 heterocycles. The van der Waals surface area contributed by atoms with Crippen molar-refractivity contribution in [3.63, 3.8) is 0 Å². The number of rotatable bonds is 2. The second-order valence-electron chi connectivity index (χ2n) is 5.19. The van der Waals surface area contributed by atoms with Gasteiger partial charge in [-0.3, -0.25) is 0 Å². The molecule has 0 bridgehead atoms. The smallest absolute Gasteiger partial charge is 0.0622 e. The van der Waals surface area contributed by atoms with Gasteiger partial charge >= 0.3 is 0 Å². The maximum absolute atomic E-state index is 9.90. The summed E-state index contributed by atoms with van der Waals surface area (Å²) < 4.78 is 5.24. The van der Waals surface area contributed by atoms with E-state index in [0.29, 0.717) is 5.92 Å². The van der Waals surface area contributed by atoms with E-state index in [-0.39, 0.29) is 5.41 Å². The number of hydrogen-bond acceptors (Lipinski definition) is 2. The van der Waals surface area contributed by atoms with Crippen LogP contribution >= 0.6 is 0 Å². The molecular weight excluding hydrogens is 164 g/mol. The first kappa shape index (κ1) is 11.0. The standard InChI is InChI=1S/C11H22O2/c1-9-7-11(3,12)6-5-10(9,2)8-13-4/h9,12H,5-8H2,1-4H3. The Kier molecular flexibility index (Phi) is 3.03. The molecule has 78 valence electrons. The number of hydrogen-bond donors (Lipinski definition) is 1. The van der Waals surface area contributed by atoms with Crippen LogP contribution in [0.25, 0.3) is 0 Å². The van der Waals surface area contributed by atoms with E-state index < -0.39 is 5.60 Å². The van der Waals surface area contributed by atoms with Crippen molar-refractivity contribution >= 4 is 0 Å². The highest BCUT2D eigenvalue weighted by molar-refractivity contribution is 4.92. The molecule has 0 spiro atoms. The zero-order valence-electron chi connectivity index (χ0n) is 9.26. The zero-order valence-corrected chi connectivity index (χ0v) is 9.26. The van der Waals surface area contributed by atoms with Crippen LogP contribution < -0.4 is 0 Å². The fourth-order valence-electron chi connectivity index (χ4n) is 2.35. The molecular formula is C11H22O2. The van der Waals surface area contributed by atoms with Crippen LogP contribution in [0.1, 0.15) is 40.0 Å². The summed E-state index contributed by atoms with van der Waals surface area (Å²) in [5.41, 5.74) is -0.191. The van der Waals surface area contributed by atoms with Crippen LogP contribution in [0, 0.1) is 11.3 Å². The molecule has 0 amide bonds. The van der Waals surface area contributed by atoms with E-state index in [0.717, 1.165) is 25.9 Å². The second-order valence-corrected chi connectivity index (χ2v) is 5.19. The highest BCUT2D eigenvalue weighted by Crippen LogP contribution is 2.44. The van der Waals surface area contributed by atoms with Crippen LogP contribution in [0.4, 0.5) is 0 Å². The van der Waals surface area contributed by atoms with E-state index >= 15 is 0 Å². The van der Waals surface area contributed by atoms with Gasteiger partial charge in [-0.15, -0.1) is 0 Å². The Labute approximate surface area is 81.3 Å². The van der Waals surface area contributed by atoms with Gasteiger partial charge in [-0.25, -0.2) is 0 Å². The first-order valence-corrected chi connectivity index (χ1v) is 5.11. The lowest BCUT2D eigenvalue weighted by molar-refractivity contribution is -0.0700. The molecule has 1 saturated carbocycles. The first-order valence-electron chi connectivity index (χ1n) is 5.11. The molecule has 1 aliphatic rings. The van der Waals surface area contributed by atoms with Gasteiger partial charge < -0.3 is 9.84 Å². The van der Waals surface area contributed by atoms with E-state index in [4.69, 9.17) is 4.74 Å². The topological polar surface area (TPSA) is 29.5 Å². The summed E-state index contributed by atoms with van der Waals surface area (Å²) in [5, 5.41) is 9.90. The van der Waals surface area contributed by atoms with Crippen LogP contribution in [0.5, 0.6) is 0 Å². The molecule has 1 N–H and O–H groups in total. The molecule has 1 rings (SSSR count). The van der Waals surface area contributed by atoms with E-state index in [1.165, 1.54) is 0 Å². The van der Waals surface area contributed by atoms with E-state index in [1.54, 1.807) is 7.11 Å². The van der Waals surface area contributed by atoms with Gasteiger partial charge in [-0.05, 0) is 37.5 Å². The monoisotopic (exact) mass is 186 g/mol. The Morgan fingerprint density at radius 2 is 2.00 bits per heavy atom. The van der Waals surface area contributed by atoms with Gasteiger partial charge in [0, 0.05) is 7.11 Å². The summed E-state index contributed by atoms with van der Waals surface area (Å²) in [6.45, 7) is 7.23. The molecule has 13 heavy (non-hydrogen) atoms. The zero-order chi connectivity index (χ0) is 10.1. The third-order valence-corrected chi connectivity index (χ3v) is 3.64. The molecule has 0 aromatic heterocycles. The lowest BCUT2D eigenvalue weighted by Gasteiger charge is -2.45. The van der Waals surface area contributed by atoms with Crippen LogP contribution in [-0.2, 0) is 4.74 Å². The minimum absolute atomic E-state index is 0.261. The summed E-state index contributed by atoms with van der Waals surface area (Å²) in [6, 6.07) is 0. The minimum atomic E-state index is -0.452. The maximum Gasteiger partial charge on any atom is 0.0622 e. The molecule has 2 nitrogen and oxygen atoms in total. The largest absolute Gasteiger partial charge is 0.390 e. The molecule has 0 aromatic rings. The van der Waals surface area contributed by atoms with Crippen molar-refractivity contribution in [3.8, 4) is 0 Å². The Hall–Kier alpha value is -0.0800. The van der Waals surface area contributed by atoms with Gasteiger partial charge in [0.15, 0.2) is 0 Å². The van der Waals surface area contributed by atoms with Crippen LogP contribution in [0.3, 0.4) is 0 Å². The van der Waals surface area contributed by atoms with Crippen molar-refractivity contribution in [2.75, 3.05) is 13.7 Å². The molecule has 0 aromatic carbocycles. The third-order valence-electron chi connectivity index (χ3n) is 3.64. The average Bonchev–Trinajstić information content (AvgIpc) is 1.99. The first-order chi connectivity index (χ1) is 5.90. The van der Waals surface area contributed by atoms with Gasteiger partial charge in [0.05, 0.1) is 12.2 Å². The van der Waals surface area contributed by atoms with Crippen LogP contribution in [-0.4, -0.2) is 24.4 Å². The molecule has 2 heteroatoms. The van der Waals surface area contributed by atoms with Crippen molar-refractivity contribution < 1.29 is 9.84 Å². The van der Waals surface area contributed by atoms with Crippen LogP contribution in [0.15, 0.2) is 0 Å². The van der Waals surface area contributed by atoms with E-state index in [1.807, 2.05) is 6.92 Å². The molecule has 3 atom stereocenters. The van der Waals surface area contributed by atoms with Crippen molar-refractivity contribution in [2.45, 2.75) is 45.6 Å². The summed E-state index contributed by atoms with van der Waals surface area (Å²) in [7, 11) is 1.75. The lowest BCUT2D eigenvalue weighted by atomic mass is 9.64. The molecule has 0 radical (unpaired) electrons. The van der Waals surface area contributed by atoms with Gasteiger partial charge in [0.1, 0.15) is 0 Å². The van der Waals surface area contributed by atoms with Gasteiger partial charge in [-0.1, -0.05) is 13.8 Å². The molecule has 3 unspecified atom stereocenters. The molecule has 0 aliphatic heterocycles. The van der Waals surface area contributed by atoms with Crippen molar-refractivity contribution in [1.29, 1.82) is 0 Å². The maximum atomic E-state index is 9.90. The quantitative estimate of drug-likeness (QED) is 0.716. The predicted octanol–water partition coefficient (Wildman–Crippen LogP) is 2.21. The number of ether oxygens (including phenoxy) is 1. The van der Waals surface area contributed by atoms with Gasteiger partial charge in [0.2, 0.25) is 0 Å². The third kappa shape index (κ3) is 2.44. The Morgan fingerprint density at radius 1 is 1.38 bits per heavy atom. The Morgan fingerprint density at radius 3 is 2.46 bits per heavy atom. The highest BCUT2D eigenvalue weighted by atomic mass is 16.5. The van der Waals surface area contributed by atoms with Gasteiger partial charge in [0.25, 0.3) is 0 Å². The summed E-state index contributed by atoms with van der Waals surface area (Å²) in [5.74, 6) is 0.538. The second kappa shape index (κ2) is 3.58. The van der Waals surface area contributed by atoms with E-state index in [9.17, 15) is 5.11 Å². The average molecular weight is 186 g/mol. The number of aliphatic hydroxyl groups is 1. The minimum Gasteiger partial charge on any atom is -0.390 e. The lowest BCUT2D eigenvalue weighted by Crippen LogP contribution is -2.43.